The molecule has 0 aromatic heterocycles. The maximum absolute atomic E-state index is 10.7. The summed E-state index contributed by atoms with van der Waals surface area (Å²) in [5.74, 6) is 0.341. The van der Waals surface area contributed by atoms with Gasteiger partial charge in [-0.2, -0.15) is 11.8 Å². The molecule has 5 nitrogen and oxygen atoms in total. The van der Waals surface area contributed by atoms with Gasteiger partial charge in [0.15, 0.2) is 0 Å². The quantitative estimate of drug-likeness (QED) is 0.387. The molecule has 0 heterocycles. The second-order valence-corrected chi connectivity index (χ2v) is 4.60. The molecule has 1 amide bonds. The zero-order chi connectivity index (χ0) is 12.2. The second kappa shape index (κ2) is 10.6. The Labute approximate surface area is 99.5 Å². The molecule has 6 heteroatoms. The zero-order valence-corrected chi connectivity index (χ0v) is 10.0. The smallest absolute Gasteiger partial charge is 0.218 e. The predicted octanol–water partition coefficient (Wildman–Crippen LogP) is -0.269. The normalized spacial score (nSPS) is 12.0. The number of rotatable bonds is 11. The van der Waals surface area contributed by atoms with Crippen molar-refractivity contribution >= 4 is 30.2 Å². The molecule has 0 aliphatic heterocycles. The highest BCUT2D eigenvalue weighted by Gasteiger charge is 2.06. The van der Waals surface area contributed by atoms with Crippen LogP contribution in [0, 0.1) is 0 Å². The zero-order valence-electron chi connectivity index (χ0n) is 9.19. The number of nitrogens with two attached hydrogens (primary N) is 1. The van der Waals surface area contributed by atoms with Crippen molar-refractivity contribution < 1.29 is 14.4 Å². The number of thioether (sulfide) groups is 1. The highest BCUT2D eigenvalue weighted by Crippen LogP contribution is 2.12. The molecule has 0 saturated heterocycles. The van der Waals surface area contributed by atoms with Gasteiger partial charge in [0.1, 0.15) is 12.6 Å². The maximum atomic E-state index is 10.7. The van der Waals surface area contributed by atoms with Gasteiger partial charge < -0.3 is 20.6 Å². The first-order valence-corrected chi connectivity index (χ1v) is 6.25. The Kier molecular flexibility index (Phi) is 10.0. The van der Waals surface area contributed by atoms with Crippen LogP contribution in [0.3, 0.4) is 0 Å². The summed E-state index contributed by atoms with van der Waals surface area (Å²) in [7, 11) is 0. The molecule has 92 valence electrons. The Morgan fingerprint density at radius 1 is 1.38 bits per heavy atom. The summed E-state index contributed by atoms with van der Waals surface area (Å²) in [5.41, 5.74) is 4.97. The van der Waals surface area contributed by atoms with Crippen LogP contribution in [0.1, 0.15) is 19.3 Å². The summed E-state index contributed by atoms with van der Waals surface area (Å²) >= 11 is 1.48. The van der Waals surface area contributed by atoms with E-state index >= 15 is 0 Å². The Morgan fingerprint density at radius 2 is 2.12 bits per heavy atom. The van der Waals surface area contributed by atoms with Crippen LogP contribution < -0.4 is 11.1 Å². The summed E-state index contributed by atoms with van der Waals surface area (Å²) < 4.78 is 0. The van der Waals surface area contributed by atoms with Gasteiger partial charge in [-0.25, -0.2) is 0 Å². The Morgan fingerprint density at radius 3 is 2.69 bits per heavy atom. The molecule has 0 radical (unpaired) electrons. The van der Waals surface area contributed by atoms with Crippen molar-refractivity contribution in [2.24, 2.45) is 5.73 Å². The third-order valence-electron chi connectivity index (χ3n) is 1.87. The molecule has 0 aromatic carbocycles. The number of amides is 1. The van der Waals surface area contributed by atoms with E-state index in [0.29, 0.717) is 38.1 Å². The van der Waals surface area contributed by atoms with Gasteiger partial charge in [-0.05, 0) is 13.0 Å². The van der Waals surface area contributed by atoms with Crippen molar-refractivity contribution in [1.82, 2.24) is 5.32 Å². The number of primary amides is 1. The Balaban J connectivity index is 3.43. The van der Waals surface area contributed by atoms with Gasteiger partial charge >= 0.3 is 0 Å². The minimum absolute atomic E-state index is 0.0824. The highest BCUT2D eigenvalue weighted by molar-refractivity contribution is 8.00. The molecular weight excluding hydrogens is 228 g/mol. The Bertz CT molecular complexity index is 224. The van der Waals surface area contributed by atoms with Gasteiger partial charge in [0.25, 0.3) is 0 Å². The average molecular weight is 246 g/mol. The Hall–Kier alpha value is -0.880. The molecule has 0 aromatic rings. The van der Waals surface area contributed by atoms with E-state index in [-0.39, 0.29) is 11.2 Å². The first-order valence-electron chi connectivity index (χ1n) is 5.20. The lowest BCUT2D eigenvalue weighted by molar-refractivity contribution is -0.118. The highest BCUT2D eigenvalue weighted by atomic mass is 32.2. The van der Waals surface area contributed by atoms with Gasteiger partial charge in [-0.3, -0.25) is 4.79 Å². The van der Waals surface area contributed by atoms with Crippen molar-refractivity contribution in [1.29, 1.82) is 0 Å². The lowest BCUT2D eigenvalue weighted by Gasteiger charge is -2.09. The van der Waals surface area contributed by atoms with Crippen LogP contribution in [0.25, 0.3) is 0 Å². The van der Waals surface area contributed by atoms with Gasteiger partial charge in [0, 0.05) is 25.1 Å². The van der Waals surface area contributed by atoms with Crippen LogP contribution in [0.2, 0.25) is 0 Å². The van der Waals surface area contributed by atoms with E-state index in [9.17, 15) is 14.4 Å². The van der Waals surface area contributed by atoms with Crippen molar-refractivity contribution in [3.63, 3.8) is 0 Å². The second-order valence-electron chi connectivity index (χ2n) is 3.26. The van der Waals surface area contributed by atoms with E-state index in [1.165, 1.54) is 11.8 Å². The molecule has 0 fully saturated rings. The van der Waals surface area contributed by atoms with E-state index < -0.39 is 0 Å². The molecule has 0 aliphatic carbocycles. The molecule has 0 spiro atoms. The van der Waals surface area contributed by atoms with Crippen LogP contribution in [-0.4, -0.2) is 42.6 Å². The fourth-order valence-corrected chi connectivity index (χ4v) is 1.94. The molecule has 0 saturated carbocycles. The summed E-state index contributed by atoms with van der Waals surface area (Å²) in [5, 5.41) is 2.95. The van der Waals surface area contributed by atoms with Crippen molar-refractivity contribution in [2.45, 2.75) is 24.5 Å². The predicted molar refractivity (Wildman–Crippen MR) is 64.3 cm³/mol. The van der Waals surface area contributed by atoms with Crippen LogP contribution in [0.15, 0.2) is 0 Å². The van der Waals surface area contributed by atoms with Crippen molar-refractivity contribution in [3.8, 4) is 0 Å². The van der Waals surface area contributed by atoms with Gasteiger partial charge in [-0.15, -0.1) is 0 Å². The lowest BCUT2D eigenvalue weighted by Crippen LogP contribution is -2.25. The largest absolute Gasteiger partial charge is 0.370 e. The topological polar surface area (TPSA) is 89.3 Å². The van der Waals surface area contributed by atoms with Gasteiger partial charge in [-0.1, -0.05) is 0 Å². The first-order chi connectivity index (χ1) is 7.70. The van der Waals surface area contributed by atoms with E-state index in [1.807, 2.05) is 0 Å². The van der Waals surface area contributed by atoms with Crippen molar-refractivity contribution in [2.75, 3.05) is 18.8 Å². The number of aldehydes is 2. The van der Waals surface area contributed by atoms with E-state index in [2.05, 4.69) is 5.32 Å². The number of carbonyl (C=O) groups is 3. The summed E-state index contributed by atoms with van der Waals surface area (Å²) in [6, 6.07) is 0. The molecule has 0 rings (SSSR count). The standard InChI is InChI=1S/C10H18N2O3S/c11-10(15)3-5-12-4-2-9(8-14)16-7-1-6-13/h6,8-9,12H,1-5,7H2,(H2,11,15). The average Bonchev–Trinajstić information content (AvgIpc) is 2.26. The summed E-state index contributed by atoms with van der Waals surface area (Å²) in [6.45, 7) is 1.21. The van der Waals surface area contributed by atoms with Crippen LogP contribution in [-0.2, 0) is 14.4 Å². The monoisotopic (exact) mass is 246 g/mol. The molecule has 16 heavy (non-hydrogen) atoms. The van der Waals surface area contributed by atoms with Gasteiger partial charge in [0.05, 0.1) is 5.25 Å². The molecule has 0 bridgehead atoms. The van der Waals surface area contributed by atoms with Crippen LogP contribution in [0.4, 0.5) is 0 Å². The third kappa shape index (κ3) is 9.67. The minimum Gasteiger partial charge on any atom is -0.370 e. The number of hydrogen-bond acceptors (Lipinski definition) is 5. The lowest BCUT2D eigenvalue weighted by atomic mass is 10.3. The number of nitrogens with one attached hydrogen (secondary N) is 1. The number of hydrogen-bond donors (Lipinski definition) is 2. The summed E-state index contributed by atoms with van der Waals surface area (Å²) in [4.78, 5) is 31.2. The summed E-state index contributed by atoms with van der Waals surface area (Å²) in [6.07, 6.45) is 3.23. The van der Waals surface area contributed by atoms with E-state index in [1.54, 1.807) is 0 Å². The van der Waals surface area contributed by atoms with Crippen molar-refractivity contribution in [3.05, 3.63) is 0 Å². The van der Waals surface area contributed by atoms with E-state index in [0.717, 1.165) is 12.6 Å². The fourth-order valence-electron chi connectivity index (χ4n) is 1.04. The molecule has 3 N–H and O–H groups in total. The maximum Gasteiger partial charge on any atom is 0.218 e. The third-order valence-corrected chi connectivity index (χ3v) is 3.12. The van der Waals surface area contributed by atoms with Gasteiger partial charge in [0.2, 0.25) is 5.91 Å². The SMILES string of the molecule is NC(=O)CCNCCC(C=O)SCCC=O. The minimum atomic E-state index is -0.334. The molecule has 1 atom stereocenters. The molecule has 1 unspecified atom stereocenters. The van der Waals surface area contributed by atoms with Crippen LogP contribution in [0.5, 0.6) is 0 Å². The van der Waals surface area contributed by atoms with Crippen LogP contribution >= 0.6 is 11.8 Å². The van der Waals surface area contributed by atoms with E-state index in [4.69, 9.17) is 5.73 Å². The molecule has 0 aliphatic rings. The first kappa shape index (κ1) is 15.1. The molecular formula is C10H18N2O3S. The fraction of sp³-hybridized carbons (Fsp3) is 0.700. The number of carbonyl (C=O) groups excluding carboxylic acids is 3.